The molecule has 32 heavy (non-hydrogen) atoms. The molecule has 170 valence electrons. The quantitative estimate of drug-likeness (QED) is 0.752. The first-order valence-electron chi connectivity index (χ1n) is 10.9. The number of halogens is 3. The third-order valence-electron chi connectivity index (χ3n) is 6.46. The number of aliphatic hydroxyl groups excluding tert-OH is 1. The third kappa shape index (κ3) is 4.57. The van der Waals surface area contributed by atoms with Crippen LogP contribution in [0.4, 0.5) is 13.2 Å². The number of benzene rings is 1. The molecule has 2 aliphatic rings. The molecule has 4 rings (SSSR count). The average Bonchev–Trinajstić information content (AvgIpc) is 2.79. The summed E-state index contributed by atoms with van der Waals surface area (Å²) in [7, 11) is 0. The minimum Gasteiger partial charge on any atom is -0.391 e. The second kappa shape index (κ2) is 9.04. The van der Waals surface area contributed by atoms with Gasteiger partial charge in [-0.2, -0.15) is 5.26 Å². The molecule has 0 bridgehead atoms. The molecule has 1 aromatic carbocycles. The molecule has 2 unspecified atom stereocenters. The van der Waals surface area contributed by atoms with Gasteiger partial charge in [-0.15, -0.1) is 0 Å². The molecular weight excluding hydrogens is 421 g/mol. The Morgan fingerprint density at radius 3 is 2.62 bits per heavy atom. The molecule has 1 amide bonds. The minimum atomic E-state index is -1.87. The van der Waals surface area contributed by atoms with Gasteiger partial charge in [0.1, 0.15) is 28.9 Å². The lowest BCUT2D eigenvalue weighted by Crippen LogP contribution is -2.45. The number of rotatable bonds is 4. The van der Waals surface area contributed by atoms with Crippen LogP contribution in [0.1, 0.15) is 54.6 Å². The largest absolute Gasteiger partial charge is 0.391 e. The van der Waals surface area contributed by atoms with Gasteiger partial charge in [0.25, 0.3) is 5.91 Å². The van der Waals surface area contributed by atoms with Crippen molar-refractivity contribution in [2.75, 3.05) is 13.1 Å². The van der Waals surface area contributed by atoms with E-state index in [-0.39, 0.29) is 49.1 Å². The van der Waals surface area contributed by atoms with Gasteiger partial charge in [-0.3, -0.25) is 9.69 Å². The summed E-state index contributed by atoms with van der Waals surface area (Å²) in [6, 6.07) is 4.68. The van der Waals surface area contributed by atoms with Gasteiger partial charge in [-0.25, -0.2) is 18.2 Å². The number of likely N-dealkylation sites (tertiary alicyclic amines) is 1. The van der Waals surface area contributed by atoms with Gasteiger partial charge < -0.3 is 10.4 Å². The van der Waals surface area contributed by atoms with E-state index in [1.807, 2.05) is 4.90 Å². The molecule has 9 heteroatoms. The van der Waals surface area contributed by atoms with E-state index in [4.69, 9.17) is 5.26 Å². The number of amides is 1. The van der Waals surface area contributed by atoms with Gasteiger partial charge in [0, 0.05) is 37.9 Å². The standard InChI is InChI=1S/C23H25F3N4O2/c24-15-5-6-16(25)21-20(15)14(12-30-9-7-23(26,13-27)8-10-30)11-18(28-21)22(32)29-17-3-1-2-4-19(17)31/h5-6,11,17,19,31H,1-4,7-10,12H2,(H,29,32). The Morgan fingerprint density at radius 1 is 1.25 bits per heavy atom. The van der Waals surface area contributed by atoms with Crippen molar-refractivity contribution in [2.45, 2.75) is 62.9 Å². The molecule has 2 aromatic rings. The van der Waals surface area contributed by atoms with Gasteiger partial charge in [0.15, 0.2) is 5.67 Å². The Morgan fingerprint density at radius 2 is 1.94 bits per heavy atom. The SMILES string of the molecule is N#CC1(F)CCN(Cc2cc(C(=O)NC3CCCCC3O)nc3c(F)ccc(F)c23)CC1. The fourth-order valence-corrected chi connectivity index (χ4v) is 4.53. The van der Waals surface area contributed by atoms with Crippen LogP contribution >= 0.6 is 0 Å². The fraction of sp³-hybridized carbons (Fsp3) is 0.522. The summed E-state index contributed by atoms with van der Waals surface area (Å²) in [5.41, 5.74) is -1.82. The van der Waals surface area contributed by atoms with Crippen molar-refractivity contribution in [2.24, 2.45) is 0 Å². The maximum absolute atomic E-state index is 14.7. The molecule has 1 saturated heterocycles. The zero-order valence-electron chi connectivity index (χ0n) is 17.6. The summed E-state index contributed by atoms with van der Waals surface area (Å²) in [4.78, 5) is 18.8. The van der Waals surface area contributed by atoms with Crippen molar-refractivity contribution in [1.29, 1.82) is 5.26 Å². The smallest absolute Gasteiger partial charge is 0.270 e. The van der Waals surface area contributed by atoms with Crippen LogP contribution in [0.5, 0.6) is 0 Å². The zero-order chi connectivity index (χ0) is 22.9. The first kappa shape index (κ1) is 22.5. The second-order valence-electron chi connectivity index (χ2n) is 8.70. The molecule has 1 aliphatic heterocycles. The highest BCUT2D eigenvalue weighted by molar-refractivity contribution is 5.96. The van der Waals surface area contributed by atoms with Crippen molar-refractivity contribution < 1.29 is 23.1 Å². The highest BCUT2D eigenvalue weighted by Crippen LogP contribution is 2.30. The average molecular weight is 446 g/mol. The van der Waals surface area contributed by atoms with Gasteiger partial charge >= 0.3 is 0 Å². The molecule has 2 atom stereocenters. The topological polar surface area (TPSA) is 89.2 Å². The third-order valence-corrected chi connectivity index (χ3v) is 6.46. The Balaban J connectivity index is 1.64. The lowest BCUT2D eigenvalue weighted by molar-refractivity contribution is 0.0714. The Labute approximate surface area is 184 Å². The van der Waals surface area contributed by atoms with Crippen LogP contribution < -0.4 is 5.32 Å². The van der Waals surface area contributed by atoms with E-state index in [9.17, 15) is 23.1 Å². The number of alkyl halides is 1. The van der Waals surface area contributed by atoms with E-state index in [1.165, 1.54) is 6.07 Å². The number of carbonyl (C=O) groups is 1. The van der Waals surface area contributed by atoms with E-state index in [0.717, 1.165) is 25.0 Å². The number of nitriles is 1. The maximum atomic E-state index is 14.7. The molecule has 1 aromatic heterocycles. The normalized spacial score (nSPS) is 23.6. The monoisotopic (exact) mass is 446 g/mol. The summed E-state index contributed by atoms with van der Waals surface area (Å²) in [5.74, 6) is -1.97. The number of hydrogen-bond donors (Lipinski definition) is 2. The van der Waals surface area contributed by atoms with Gasteiger partial charge in [0.2, 0.25) is 0 Å². The number of piperidine rings is 1. The number of nitrogens with one attached hydrogen (secondary N) is 1. The van der Waals surface area contributed by atoms with Crippen LogP contribution in [-0.2, 0) is 6.54 Å². The highest BCUT2D eigenvalue weighted by Gasteiger charge is 2.35. The molecule has 0 spiro atoms. The Kier molecular flexibility index (Phi) is 6.35. The van der Waals surface area contributed by atoms with E-state index < -0.39 is 35.4 Å². The van der Waals surface area contributed by atoms with E-state index in [1.54, 1.807) is 6.07 Å². The lowest BCUT2D eigenvalue weighted by atomic mass is 9.92. The summed E-state index contributed by atoms with van der Waals surface area (Å²) in [6.07, 6.45) is 2.39. The minimum absolute atomic E-state index is 0.0170. The number of carbonyl (C=O) groups excluding carboxylic acids is 1. The molecule has 2 heterocycles. The fourth-order valence-electron chi connectivity index (χ4n) is 4.53. The number of fused-ring (bicyclic) bond motifs is 1. The van der Waals surface area contributed by atoms with Crippen molar-refractivity contribution in [3.63, 3.8) is 0 Å². The van der Waals surface area contributed by atoms with E-state index in [0.29, 0.717) is 18.4 Å². The van der Waals surface area contributed by atoms with Crippen molar-refractivity contribution in [3.8, 4) is 6.07 Å². The first-order chi connectivity index (χ1) is 15.3. The van der Waals surface area contributed by atoms with Gasteiger partial charge in [-0.05, 0) is 36.6 Å². The van der Waals surface area contributed by atoms with Crippen LogP contribution in [-0.4, -0.2) is 51.8 Å². The van der Waals surface area contributed by atoms with Crippen LogP contribution in [0.25, 0.3) is 10.9 Å². The van der Waals surface area contributed by atoms with Crippen LogP contribution in [0, 0.1) is 23.0 Å². The van der Waals surface area contributed by atoms with E-state index in [2.05, 4.69) is 10.3 Å². The van der Waals surface area contributed by atoms with Crippen molar-refractivity contribution in [3.05, 3.63) is 41.1 Å². The van der Waals surface area contributed by atoms with E-state index >= 15 is 0 Å². The predicted molar refractivity (Wildman–Crippen MR) is 111 cm³/mol. The zero-order valence-corrected chi connectivity index (χ0v) is 17.6. The predicted octanol–water partition coefficient (Wildman–Crippen LogP) is 3.37. The van der Waals surface area contributed by atoms with Crippen molar-refractivity contribution >= 4 is 16.8 Å². The Hall–Kier alpha value is -2.70. The summed E-state index contributed by atoms with van der Waals surface area (Å²) < 4.78 is 43.4. The number of hydrogen-bond acceptors (Lipinski definition) is 5. The van der Waals surface area contributed by atoms with Crippen molar-refractivity contribution in [1.82, 2.24) is 15.2 Å². The molecular formula is C23H25F3N4O2. The molecule has 2 fully saturated rings. The molecule has 1 saturated carbocycles. The molecule has 6 nitrogen and oxygen atoms in total. The molecule has 2 N–H and O–H groups in total. The highest BCUT2D eigenvalue weighted by atomic mass is 19.1. The molecule has 0 radical (unpaired) electrons. The maximum Gasteiger partial charge on any atom is 0.270 e. The van der Waals surface area contributed by atoms with Crippen LogP contribution in [0.2, 0.25) is 0 Å². The summed E-state index contributed by atoms with van der Waals surface area (Å²) in [5, 5.41) is 21.9. The van der Waals surface area contributed by atoms with Crippen LogP contribution in [0.15, 0.2) is 18.2 Å². The van der Waals surface area contributed by atoms with Gasteiger partial charge in [-0.1, -0.05) is 12.8 Å². The number of nitrogens with zero attached hydrogens (tertiary/aromatic N) is 3. The summed E-state index contributed by atoms with van der Waals surface area (Å²) in [6.45, 7) is 0.717. The lowest BCUT2D eigenvalue weighted by Gasteiger charge is -2.32. The summed E-state index contributed by atoms with van der Waals surface area (Å²) >= 11 is 0. The number of aliphatic hydroxyl groups is 1. The Bertz CT molecular complexity index is 1060. The first-order valence-corrected chi connectivity index (χ1v) is 10.9. The van der Waals surface area contributed by atoms with Gasteiger partial charge in [0.05, 0.1) is 12.1 Å². The number of pyridine rings is 1. The number of aromatic nitrogens is 1. The second-order valence-corrected chi connectivity index (χ2v) is 8.70. The molecule has 1 aliphatic carbocycles. The van der Waals surface area contributed by atoms with Crippen LogP contribution in [0.3, 0.4) is 0 Å².